The van der Waals surface area contributed by atoms with Gasteiger partial charge in [0.05, 0.1) is 18.0 Å². The Balaban J connectivity index is 0.00000121. The minimum atomic E-state index is -0.492. The highest BCUT2D eigenvalue weighted by molar-refractivity contribution is 5.85. The lowest BCUT2D eigenvalue weighted by molar-refractivity contribution is -0.0539. The molecule has 6 nitrogen and oxygen atoms in total. The van der Waals surface area contributed by atoms with Crippen molar-refractivity contribution in [2.24, 2.45) is 5.92 Å². The van der Waals surface area contributed by atoms with E-state index in [0.717, 1.165) is 50.7 Å². The second kappa shape index (κ2) is 7.64. The van der Waals surface area contributed by atoms with Crippen molar-refractivity contribution in [1.29, 1.82) is 0 Å². The molecule has 0 radical (unpaired) electrons. The molecule has 2 fully saturated rings. The summed E-state index contributed by atoms with van der Waals surface area (Å²) < 4.78 is 0. The fraction of sp³-hybridized carbons (Fsp3) is 0.714. The van der Waals surface area contributed by atoms with Gasteiger partial charge in [-0.15, -0.1) is 24.8 Å². The van der Waals surface area contributed by atoms with E-state index in [1.165, 1.54) is 0 Å². The molecule has 2 aliphatic rings. The molecule has 0 saturated carbocycles. The Bertz CT molecular complexity index is 490. The van der Waals surface area contributed by atoms with Crippen molar-refractivity contribution in [3.8, 4) is 0 Å². The van der Waals surface area contributed by atoms with Gasteiger partial charge in [-0.3, -0.25) is 4.98 Å². The Labute approximate surface area is 144 Å². The van der Waals surface area contributed by atoms with Crippen LogP contribution in [0.2, 0.25) is 0 Å². The zero-order valence-corrected chi connectivity index (χ0v) is 14.7. The Morgan fingerprint density at radius 1 is 1.32 bits per heavy atom. The van der Waals surface area contributed by atoms with Gasteiger partial charge < -0.3 is 20.2 Å². The smallest absolute Gasteiger partial charge is 0.149 e. The normalized spacial score (nSPS) is 27.2. The van der Waals surface area contributed by atoms with E-state index in [1.54, 1.807) is 6.20 Å². The number of fused-ring (bicyclic) bond motifs is 1. The Morgan fingerprint density at radius 2 is 2.09 bits per heavy atom. The predicted octanol–water partition coefficient (Wildman–Crippen LogP) is 0.937. The van der Waals surface area contributed by atoms with Crippen LogP contribution in [-0.2, 0) is 0 Å². The first-order valence-corrected chi connectivity index (χ1v) is 7.26. The zero-order chi connectivity index (χ0) is 14.2. The molecule has 0 bridgehead atoms. The maximum absolute atomic E-state index is 10.7. The maximum atomic E-state index is 10.7. The lowest BCUT2D eigenvalue weighted by atomic mass is 9.76. The van der Waals surface area contributed by atoms with Gasteiger partial charge in [0, 0.05) is 39.6 Å². The molecule has 2 aliphatic heterocycles. The van der Waals surface area contributed by atoms with Crippen molar-refractivity contribution in [2.75, 3.05) is 50.1 Å². The Morgan fingerprint density at radius 3 is 2.82 bits per heavy atom. The maximum Gasteiger partial charge on any atom is 0.149 e. The van der Waals surface area contributed by atoms with Crippen LogP contribution in [0.5, 0.6) is 0 Å². The van der Waals surface area contributed by atoms with Crippen LogP contribution in [0.25, 0.3) is 0 Å². The third kappa shape index (κ3) is 3.74. The molecule has 1 aromatic heterocycles. The summed E-state index contributed by atoms with van der Waals surface area (Å²) in [5.41, 5.74) is -0.492. The zero-order valence-electron chi connectivity index (χ0n) is 13.0. The van der Waals surface area contributed by atoms with Crippen LogP contribution in [0.3, 0.4) is 0 Å². The first-order chi connectivity index (χ1) is 9.58. The highest BCUT2D eigenvalue weighted by Gasteiger charge is 2.43. The highest BCUT2D eigenvalue weighted by atomic mass is 35.5. The van der Waals surface area contributed by atoms with Gasteiger partial charge in [0.1, 0.15) is 11.6 Å². The van der Waals surface area contributed by atoms with Crippen molar-refractivity contribution < 1.29 is 5.11 Å². The van der Waals surface area contributed by atoms with E-state index >= 15 is 0 Å². The van der Waals surface area contributed by atoms with Crippen LogP contribution in [-0.4, -0.2) is 60.9 Å². The predicted molar refractivity (Wildman–Crippen MR) is 93.6 cm³/mol. The standard InChI is InChI=1S/C14H23N5O.2ClH/c1-18(2)12-8-16-9-13(17-12)19-6-4-14(20)3-5-15-7-11(14)10-19;;/h8-9,11,15,20H,3-7,10H2,1-2H3;2*1H/t11-,14-;;/m0../s1. The molecule has 2 N–H and O–H groups in total. The molecule has 22 heavy (non-hydrogen) atoms. The molecule has 126 valence electrons. The van der Waals surface area contributed by atoms with Crippen LogP contribution in [0.1, 0.15) is 12.8 Å². The largest absolute Gasteiger partial charge is 0.389 e. The lowest BCUT2D eigenvalue weighted by Crippen LogP contribution is -2.59. The Kier molecular flexibility index (Phi) is 6.67. The van der Waals surface area contributed by atoms with Crippen LogP contribution in [0, 0.1) is 5.92 Å². The molecule has 0 aliphatic carbocycles. The van der Waals surface area contributed by atoms with Gasteiger partial charge in [0.15, 0.2) is 0 Å². The molecule has 2 atom stereocenters. The summed E-state index contributed by atoms with van der Waals surface area (Å²) >= 11 is 0. The van der Waals surface area contributed by atoms with Crippen molar-refractivity contribution in [3.63, 3.8) is 0 Å². The van der Waals surface area contributed by atoms with Crippen LogP contribution in [0.4, 0.5) is 11.6 Å². The summed E-state index contributed by atoms with van der Waals surface area (Å²) in [6.07, 6.45) is 5.25. The molecular weight excluding hydrogens is 325 g/mol. The number of nitrogens with zero attached hydrogens (tertiary/aromatic N) is 4. The molecule has 0 amide bonds. The first kappa shape index (κ1) is 19.2. The molecular formula is C14H25Cl2N5O. The molecule has 3 heterocycles. The number of aliphatic hydroxyl groups is 1. The molecule has 8 heteroatoms. The fourth-order valence-electron chi connectivity index (χ4n) is 3.15. The fourth-order valence-corrected chi connectivity index (χ4v) is 3.15. The minimum Gasteiger partial charge on any atom is -0.389 e. The van der Waals surface area contributed by atoms with Gasteiger partial charge in [-0.25, -0.2) is 4.98 Å². The van der Waals surface area contributed by atoms with Gasteiger partial charge in [0.25, 0.3) is 0 Å². The number of anilines is 2. The molecule has 3 rings (SSSR count). The van der Waals surface area contributed by atoms with E-state index in [1.807, 2.05) is 25.2 Å². The van der Waals surface area contributed by atoms with E-state index in [0.29, 0.717) is 0 Å². The van der Waals surface area contributed by atoms with Gasteiger partial charge in [-0.2, -0.15) is 0 Å². The number of hydrogen-bond acceptors (Lipinski definition) is 6. The number of nitrogens with one attached hydrogen (secondary N) is 1. The molecule has 1 aromatic rings. The van der Waals surface area contributed by atoms with Crippen molar-refractivity contribution >= 4 is 36.4 Å². The molecule has 0 spiro atoms. The first-order valence-electron chi connectivity index (χ1n) is 7.26. The number of hydrogen-bond donors (Lipinski definition) is 2. The average Bonchev–Trinajstić information content (AvgIpc) is 2.46. The van der Waals surface area contributed by atoms with Crippen molar-refractivity contribution in [3.05, 3.63) is 12.4 Å². The second-order valence-electron chi connectivity index (χ2n) is 6.08. The third-order valence-corrected chi connectivity index (χ3v) is 4.53. The SMILES string of the molecule is CN(C)c1cncc(N2CC[C@@]3(O)CCNC[C@H]3C2)n1.Cl.Cl. The second-order valence-corrected chi connectivity index (χ2v) is 6.08. The number of halogens is 2. The van der Waals surface area contributed by atoms with Crippen LogP contribution in [0.15, 0.2) is 12.4 Å². The third-order valence-electron chi connectivity index (χ3n) is 4.53. The summed E-state index contributed by atoms with van der Waals surface area (Å²) in [6, 6.07) is 0. The quantitative estimate of drug-likeness (QED) is 0.828. The van der Waals surface area contributed by atoms with Crippen molar-refractivity contribution in [1.82, 2.24) is 15.3 Å². The van der Waals surface area contributed by atoms with Gasteiger partial charge in [-0.1, -0.05) is 0 Å². The van der Waals surface area contributed by atoms with Gasteiger partial charge in [-0.05, 0) is 19.4 Å². The minimum absolute atomic E-state index is 0. The average molecular weight is 350 g/mol. The summed E-state index contributed by atoms with van der Waals surface area (Å²) in [7, 11) is 3.93. The van der Waals surface area contributed by atoms with Crippen molar-refractivity contribution in [2.45, 2.75) is 18.4 Å². The van der Waals surface area contributed by atoms with E-state index in [2.05, 4.69) is 20.2 Å². The highest BCUT2D eigenvalue weighted by Crippen LogP contribution is 2.34. The van der Waals surface area contributed by atoms with Crippen LogP contribution >= 0.6 is 24.8 Å². The number of aromatic nitrogens is 2. The molecule has 2 saturated heterocycles. The molecule has 0 aromatic carbocycles. The van der Waals surface area contributed by atoms with E-state index < -0.39 is 5.60 Å². The monoisotopic (exact) mass is 349 g/mol. The van der Waals surface area contributed by atoms with Crippen LogP contribution < -0.4 is 15.1 Å². The summed E-state index contributed by atoms with van der Waals surface area (Å²) in [5.74, 6) is 2.05. The van der Waals surface area contributed by atoms with E-state index in [-0.39, 0.29) is 30.7 Å². The summed E-state index contributed by atoms with van der Waals surface area (Å²) in [4.78, 5) is 13.1. The lowest BCUT2D eigenvalue weighted by Gasteiger charge is -2.47. The van der Waals surface area contributed by atoms with E-state index in [9.17, 15) is 5.11 Å². The van der Waals surface area contributed by atoms with Gasteiger partial charge in [0.2, 0.25) is 0 Å². The summed E-state index contributed by atoms with van der Waals surface area (Å²) in [5, 5.41) is 14.1. The van der Waals surface area contributed by atoms with Gasteiger partial charge >= 0.3 is 0 Å². The topological polar surface area (TPSA) is 64.5 Å². The molecule has 0 unspecified atom stereocenters. The Hall–Kier alpha value is -0.820. The number of piperidine rings is 2. The summed E-state index contributed by atoms with van der Waals surface area (Å²) in [6.45, 7) is 3.49. The number of rotatable bonds is 2. The van der Waals surface area contributed by atoms with E-state index in [4.69, 9.17) is 0 Å².